The topological polar surface area (TPSA) is 83.4 Å². The number of fused-ring (bicyclic) bond motifs is 1. The second-order valence-electron chi connectivity index (χ2n) is 9.28. The Kier molecular flexibility index (Phi) is 7.69. The van der Waals surface area contributed by atoms with Gasteiger partial charge in [-0.1, -0.05) is 126 Å². The number of nitrogens with zero attached hydrogens (tertiary/aromatic N) is 3. The number of aromatic nitrogens is 2. The van der Waals surface area contributed by atoms with E-state index in [9.17, 15) is 14.7 Å². The summed E-state index contributed by atoms with van der Waals surface area (Å²) in [6.07, 6.45) is 3.02. The van der Waals surface area contributed by atoms with E-state index in [0.29, 0.717) is 20.7 Å². The summed E-state index contributed by atoms with van der Waals surface area (Å²) in [6.45, 7) is 0. The van der Waals surface area contributed by atoms with Crippen molar-refractivity contribution >= 4 is 68.4 Å². The first-order chi connectivity index (χ1) is 20.0. The van der Waals surface area contributed by atoms with E-state index in [2.05, 4.69) is 34.5 Å². The summed E-state index contributed by atoms with van der Waals surface area (Å²) in [5.74, 6) is -1.12. The lowest BCUT2D eigenvalue weighted by Gasteiger charge is -2.23. The van der Waals surface area contributed by atoms with Crippen LogP contribution >= 0.6 is 34.7 Å². The molecule has 2 heterocycles. The standard InChI is InChI=1S/C32H22ClN3O3S2/c33-24-16-14-22(15-17-24)28-27(26(37)18-13-20-7-2-1-3-8-20)29(38)30(39)36(28)31-34-35-32(41-31)40-19-23-11-6-10-21-9-4-5-12-25(21)23/h1-18,28,38H,19H2. The van der Waals surface area contributed by atoms with Gasteiger partial charge in [-0.25, -0.2) is 0 Å². The van der Waals surface area contributed by atoms with Crippen LogP contribution in [0.1, 0.15) is 22.7 Å². The largest absolute Gasteiger partial charge is 0.503 e. The molecule has 1 unspecified atom stereocenters. The first-order valence-electron chi connectivity index (χ1n) is 12.7. The number of benzene rings is 4. The number of ketones is 1. The van der Waals surface area contributed by atoms with Gasteiger partial charge in [0.15, 0.2) is 15.9 Å². The number of thioether (sulfide) groups is 1. The minimum atomic E-state index is -0.892. The van der Waals surface area contributed by atoms with E-state index in [1.807, 2.05) is 48.5 Å². The third-order valence-corrected chi connectivity index (χ3v) is 9.08. The van der Waals surface area contributed by atoms with Gasteiger partial charge >= 0.3 is 0 Å². The number of allylic oxidation sites excluding steroid dienone is 1. The summed E-state index contributed by atoms with van der Waals surface area (Å²) >= 11 is 8.88. The van der Waals surface area contributed by atoms with Gasteiger partial charge in [-0.2, -0.15) is 0 Å². The molecule has 0 bridgehead atoms. The number of carbonyl (C=O) groups excluding carboxylic acids is 2. The Balaban J connectivity index is 1.30. The van der Waals surface area contributed by atoms with Crippen LogP contribution in [0.15, 0.2) is 119 Å². The van der Waals surface area contributed by atoms with Crippen LogP contribution in [0.25, 0.3) is 16.8 Å². The third-order valence-electron chi connectivity index (χ3n) is 6.72. The molecule has 0 saturated heterocycles. The Bertz CT molecular complexity index is 1810. The molecule has 202 valence electrons. The molecule has 0 spiro atoms. The summed E-state index contributed by atoms with van der Waals surface area (Å²) in [5.41, 5.74) is 2.58. The summed E-state index contributed by atoms with van der Waals surface area (Å²) < 4.78 is 0.666. The predicted molar refractivity (Wildman–Crippen MR) is 165 cm³/mol. The molecule has 1 aromatic heterocycles. The maximum Gasteiger partial charge on any atom is 0.296 e. The fourth-order valence-corrected chi connectivity index (χ4v) is 6.75. The van der Waals surface area contributed by atoms with Crippen LogP contribution in [0.3, 0.4) is 0 Å². The molecule has 0 fully saturated rings. The first-order valence-corrected chi connectivity index (χ1v) is 14.9. The van der Waals surface area contributed by atoms with Gasteiger partial charge in [0.25, 0.3) is 5.91 Å². The number of hydrogen-bond donors (Lipinski definition) is 1. The lowest BCUT2D eigenvalue weighted by molar-refractivity contribution is -0.117. The zero-order chi connectivity index (χ0) is 28.3. The molecule has 5 aromatic rings. The van der Waals surface area contributed by atoms with Crippen molar-refractivity contribution in [3.05, 3.63) is 136 Å². The zero-order valence-corrected chi connectivity index (χ0v) is 23.9. The molecule has 1 atom stereocenters. The van der Waals surface area contributed by atoms with Crippen molar-refractivity contribution in [1.29, 1.82) is 0 Å². The highest BCUT2D eigenvalue weighted by Gasteiger charge is 2.45. The van der Waals surface area contributed by atoms with E-state index in [-0.39, 0.29) is 10.7 Å². The summed E-state index contributed by atoms with van der Waals surface area (Å²) in [7, 11) is 0. The van der Waals surface area contributed by atoms with Gasteiger partial charge in [0, 0.05) is 10.8 Å². The van der Waals surface area contributed by atoms with E-state index >= 15 is 0 Å². The summed E-state index contributed by atoms with van der Waals surface area (Å²) in [4.78, 5) is 28.2. The molecule has 6 nitrogen and oxygen atoms in total. The maximum absolute atomic E-state index is 13.4. The van der Waals surface area contributed by atoms with Crippen LogP contribution < -0.4 is 4.90 Å². The zero-order valence-electron chi connectivity index (χ0n) is 21.5. The third kappa shape index (κ3) is 5.54. The van der Waals surface area contributed by atoms with Crippen molar-refractivity contribution in [3.8, 4) is 0 Å². The molecule has 1 amide bonds. The van der Waals surface area contributed by atoms with E-state index in [1.54, 1.807) is 30.3 Å². The van der Waals surface area contributed by atoms with Crippen molar-refractivity contribution in [2.75, 3.05) is 4.90 Å². The van der Waals surface area contributed by atoms with Crippen molar-refractivity contribution in [2.24, 2.45) is 0 Å². The Morgan fingerprint density at radius 2 is 1.68 bits per heavy atom. The van der Waals surface area contributed by atoms with Crippen molar-refractivity contribution in [3.63, 3.8) is 0 Å². The highest BCUT2D eigenvalue weighted by atomic mass is 35.5. The number of carbonyl (C=O) groups is 2. The molecule has 0 saturated carbocycles. The lowest BCUT2D eigenvalue weighted by atomic mass is 9.96. The Hall–Kier alpha value is -4.24. The van der Waals surface area contributed by atoms with Gasteiger partial charge in [0.05, 0.1) is 11.6 Å². The monoisotopic (exact) mass is 595 g/mol. The number of amides is 1. The average molecular weight is 596 g/mol. The normalized spacial score (nSPS) is 15.4. The fourth-order valence-electron chi connectivity index (χ4n) is 4.76. The van der Waals surface area contributed by atoms with E-state index in [4.69, 9.17) is 11.6 Å². The minimum Gasteiger partial charge on any atom is -0.503 e. The molecular weight excluding hydrogens is 574 g/mol. The lowest BCUT2D eigenvalue weighted by Crippen LogP contribution is -2.30. The average Bonchev–Trinajstić information content (AvgIpc) is 3.57. The number of anilines is 1. The number of rotatable bonds is 8. The van der Waals surface area contributed by atoms with E-state index in [1.165, 1.54) is 45.0 Å². The molecule has 1 aliphatic heterocycles. The fraction of sp³-hybridized carbons (Fsp3) is 0.0625. The number of halogens is 1. The highest BCUT2D eigenvalue weighted by molar-refractivity contribution is 8.00. The first kappa shape index (κ1) is 27.0. The molecule has 0 radical (unpaired) electrons. The summed E-state index contributed by atoms with van der Waals surface area (Å²) in [6, 6.07) is 29.7. The predicted octanol–water partition coefficient (Wildman–Crippen LogP) is 7.82. The van der Waals surface area contributed by atoms with Gasteiger partial charge in [0.1, 0.15) is 0 Å². The Morgan fingerprint density at radius 1 is 0.951 bits per heavy atom. The van der Waals surface area contributed by atoms with E-state index < -0.39 is 23.5 Å². The van der Waals surface area contributed by atoms with Crippen molar-refractivity contribution in [2.45, 2.75) is 16.1 Å². The van der Waals surface area contributed by atoms with Crippen molar-refractivity contribution in [1.82, 2.24) is 10.2 Å². The Labute approximate surface area is 249 Å². The second-order valence-corrected chi connectivity index (χ2v) is 11.9. The van der Waals surface area contributed by atoms with Crippen molar-refractivity contribution < 1.29 is 14.7 Å². The van der Waals surface area contributed by atoms with Gasteiger partial charge in [-0.05, 0) is 45.7 Å². The Morgan fingerprint density at radius 3 is 2.49 bits per heavy atom. The van der Waals surface area contributed by atoms with Crippen LogP contribution in [-0.4, -0.2) is 27.0 Å². The maximum atomic E-state index is 13.4. The number of hydrogen-bond acceptors (Lipinski definition) is 7. The van der Waals surface area contributed by atoms with Gasteiger partial charge in [-0.15, -0.1) is 10.2 Å². The molecule has 9 heteroatoms. The number of aliphatic hydroxyl groups is 1. The SMILES string of the molecule is O=C(C=Cc1ccccc1)C1=C(O)C(=O)N(c2nnc(SCc3cccc4ccccc34)s2)C1c1ccc(Cl)cc1. The quantitative estimate of drug-likeness (QED) is 0.112. The molecule has 4 aromatic carbocycles. The van der Waals surface area contributed by atoms with Crippen LogP contribution in [0.4, 0.5) is 5.13 Å². The number of aliphatic hydroxyl groups excluding tert-OH is 1. The van der Waals surface area contributed by atoms with Crippen LogP contribution in [-0.2, 0) is 15.3 Å². The smallest absolute Gasteiger partial charge is 0.296 e. The molecule has 1 N–H and O–H groups in total. The molecule has 6 rings (SSSR count). The second kappa shape index (κ2) is 11.7. The van der Waals surface area contributed by atoms with Gasteiger partial charge in [0.2, 0.25) is 5.13 Å². The van der Waals surface area contributed by atoms with Gasteiger partial charge < -0.3 is 5.11 Å². The molecular formula is C32H22ClN3O3S2. The van der Waals surface area contributed by atoms with E-state index in [0.717, 1.165) is 10.9 Å². The molecule has 41 heavy (non-hydrogen) atoms. The van der Waals surface area contributed by atoms with Crippen LogP contribution in [0.2, 0.25) is 5.02 Å². The minimum absolute atomic E-state index is 0.0235. The molecule has 1 aliphatic rings. The summed E-state index contributed by atoms with van der Waals surface area (Å²) in [5, 5.41) is 22.7. The molecule has 0 aliphatic carbocycles. The van der Waals surface area contributed by atoms with Crippen LogP contribution in [0, 0.1) is 0 Å². The van der Waals surface area contributed by atoms with Crippen LogP contribution in [0.5, 0.6) is 0 Å². The highest BCUT2D eigenvalue weighted by Crippen LogP contribution is 2.43. The van der Waals surface area contributed by atoms with Gasteiger partial charge in [-0.3, -0.25) is 14.5 Å².